The second-order valence-electron chi connectivity index (χ2n) is 9.23. The Labute approximate surface area is 246 Å². The number of aromatic nitrogens is 1. The Bertz CT molecular complexity index is 1710. The largest absolute Gasteiger partial charge is 0.503 e. The predicted molar refractivity (Wildman–Crippen MR) is 161 cm³/mol. The van der Waals surface area contributed by atoms with Crippen molar-refractivity contribution in [1.29, 1.82) is 0 Å². The summed E-state index contributed by atoms with van der Waals surface area (Å²) in [6, 6.07) is 24.2. The second-order valence-corrected chi connectivity index (χ2v) is 10.2. The van der Waals surface area contributed by atoms with E-state index in [1.807, 2.05) is 48.5 Å². The molecule has 9 heteroatoms. The number of para-hydroxylation sites is 1. The monoisotopic (exact) mass is 578 g/mol. The van der Waals surface area contributed by atoms with Crippen LogP contribution in [-0.2, 0) is 14.3 Å². The maximum Gasteiger partial charge on any atom is 0.350 e. The lowest BCUT2D eigenvalue weighted by Crippen LogP contribution is -2.30. The fraction of sp³-hybridized carbons (Fsp3) is 0.0909. The van der Waals surface area contributed by atoms with Gasteiger partial charge in [0, 0.05) is 0 Å². The Morgan fingerprint density at radius 2 is 1.71 bits per heavy atom. The Morgan fingerprint density at radius 3 is 2.43 bits per heavy atom. The summed E-state index contributed by atoms with van der Waals surface area (Å²) in [5, 5.41) is 11.2. The van der Waals surface area contributed by atoms with E-state index in [0.717, 1.165) is 16.9 Å². The third-order valence-electron chi connectivity index (χ3n) is 6.36. The van der Waals surface area contributed by atoms with Gasteiger partial charge in [0.25, 0.3) is 5.91 Å². The fourth-order valence-electron chi connectivity index (χ4n) is 4.44. The third kappa shape index (κ3) is 5.91. The highest BCUT2D eigenvalue weighted by Gasteiger charge is 2.45. The summed E-state index contributed by atoms with van der Waals surface area (Å²) < 4.78 is 11.2. The highest BCUT2D eigenvalue weighted by atomic mass is 32.1. The van der Waals surface area contributed by atoms with Gasteiger partial charge in [0.2, 0.25) is 0 Å². The lowest BCUT2D eigenvalue weighted by atomic mass is 9.95. The van der Waals surface area contributed by atoms with Crippen LogP contribution in [0.15, 0.2) is 115 Å². The number of carbonyl (C=O) groups excluding carboxylic acids is 3. The van der Waals surface area contributed by atoms with Crippen molar-refractivity contribution in [1.82, 2.24) is 4.98 Å². The molecule has 1 atom stereocenters. The highest BCUT2D eigenvalue weighted by molar-refractivity contribution is 7.17. The average molecular weight is 579 g/mol. The fourth-order valence-corrected chi connectivity index (χ4v) is 5.43. The summed E-state index contributed by atoms with van der Waals surface area (Å²) in [5.41, 5.74) is 1.51. The average Bonchev–Trinajstić information content (AvgIpc) is 3.52. The van der Waals surface area contributed by atoms with E-state index in [-0.39, 0.29) is 22.2 Å². The van der Waals surface area contributed by atoms with Crippen LogP contribution in [0.3, 0.4) is 0 Å². The van der Waals surface area contributed by atoms with Crippen molar-refractivity contribution in [3.63, 3.8) is 0 Å². The molecule has 2 heterocycles. The van der Waals surface area contributed by atoms with Crippen molar-refractivity contribution < 1.29 is 29.0 Å². The van der Waals surface area contributed by atoms with E-state index in [2.05, 4.69) is 11.6 Å². The van der Waals surface area contributed by atoms with Gasteiger partial charge in [-0.05, 0) is 48.4 Å². The van der Waals surface area contributed by atoms with Crippen molar-refractivity contribution in [2.45, 2.75) is 13.0 Å². The molecule has 1 aromatic heterocycles. The Kier molecular flexibility index (Phi) is 8.40. The molecule has 0 spiro atoms. The van der Waals surface area contributed by atoms with Crippen LogP contribution in [0.1, 0.15) is 32.5 Å². The number of aliphatic hydroxyl groups is 1. The summed E-state index contributed by atoms with van der Waals surface area (Å²) in [5.74, 6) is -1.60. The number of benzene rings is 3. The molecule has 0 saturated heterocycles. The number of thiazole rings is 1. The number of aryl methyl sites for hydroxylation is 1. The molecule has 0 radical (unpaired) electrons. The molecule has 0 saturated carbocycles. The number of hydrogen-bond acceptors (Lipinski definition) is 8. The lowest BCUT2D eigenvalue weighted by Gasteiger charge is -2.24. The Hall–Kier alpha value is -5.28. The van der Waals surface area contributed by atoms with Crippen molar-refractivity contribution in [3.05, 3.63) is 137 Å². The molecule has 1 unspecified atom stereocenters. The van der Waals surface area contributed by atoms with E-state index in [1.165, 1.54) is 17.1 Å². The van der Waals surface area contributed by atoms with E-state index < -0.39 is 29.5 Å². The summed E-state index contributed by atoms with van der Waals surface area (Å²) in [6.07, 6.45) is 4.38. The number of carbonyl (C=O) groups is 3. The number of ether oxygens (including phenoxy) is 2. The first-order valence-corrected chi connectivity index (χ1v) is 13.8. The van der Waals surface area contributed by atoms with Crippen LogP contribution in [0.25, 0.3) is 6.08 Å². The van der Waals surface area contributed by atoms with Gasteiger partial charge in [0.15, 0.2) is 16.7 Å². The van der Waals surface area contributed by atoms with Crippen LogP contribution in [0.4, 0.5) is 5.13 Å². The minimum absolute atomic E-state index is 0.0136. The summed E-state index contributed by atoms with van der Waals surface area (Å²) in [7, 11) is 0. The number of anilines is 1. The minimum atomic E-state index is -1.05. The zero-order valence-corrected chi connectivity index (χ0v) is 23.4. The second kappa shape index (κ2) is 12.5. The normalized spacial score (nSPS) is 14.8. The van der Waals surface area contributed by atoms with E-state index in [4.69, 9.17) is 9.47 Å². The number of rotatable bonds is 10. The van der Waals surface area contributed by atoms with Gasteiger partial charge in [-0.15, -0.1) is 0 Å². The van der Waals surface area contributed by atoms with Crippen LogP contribution >= 0.6 is 11.3 Å². The highest BCUT2D eigenvalue weighted by Crippen LogP contribution is 2.44. The molecule has 8 nitrogen and oxygen atoms in total. The van der Waals surface area contributed by atoms with Crippen LogP contribution in [0.5, 0.6) is 11.5 Å². The topological polar surface area (TPSA) is 106 Å². The number of hydrogen-bond donors (Lipinski definition) is 1. The van der Waals surface area contributed by atoms with Crippen molar-refractivity contribution in [2.75, 3.05) is 11.5 Å². The molecule has 1 N–H and O–H groups in total. The van der Waals surface area contributed by atoms with Gasteiger partial charge in [0.1, 0.15) is 23.0 Å². The van der Waals surface area contributed by atoms with Gasteiger partial charge in [-0.1, -0.05) is 90.7 Å². The molecule has 0 aliphatic carbocycles. The van der Waals surface area contributed by atoms with Crippen LogP contribution in [0, 0.1) is 6.92 Å². The van der Waals surface area contributed by atoms with Crippen molar-refractivity contribution in [3.8, 4) is 11.5 Å². The molecule has 0 bridgehead atoms. The molecule has 3 aromatic carbocycles. The molecule has 1 amide bonds. The Balaban J connectivity index is 1.57. The van der Waals surface area contributed by atoms with Crippen LogP contribution in [0.2, 0.25) is 0 Å². The van der Waals surface area contributed by atoms with Crippen molar-refractivity contribution >= 4 is 40.2 Å². The SMILES string of the molecule is C=CCOC(=O)c1sc(N2C(=O)C(O)=C(C(=O)/C=C/c3ccccc3)C2c2cccc(Oc3ccccc3)c2)nc1C. The quantitative estimate of drug-likeness (QED) is 0.126. The predicted octanol–water partition coefficient (Wildman–Crippen LogP) is 6.77. The first-order valence-electron chi connectivity index (χ1n) is 13.0. The minimum Gasteiger partial charge on any atom is -0.503 e. The van der Waals surface area contributed by atoms with Gasteiger partial charge in [-0.3, -0.25) is 14.5 Å². The third-order valence-corrected chi connectivity index (χ3v) is 7.50. The lowest BCUT2D eigenvalue weighted by molar-refractivity contribution is -0.117. The number of ketones is 1. The summed E-state index contributed by atoms with van der Waals surface area (Å²) >= 11 is 0.937. The number of amides is 1. The first kappa shape index (κ1) is 28.3. The van der Waals surface area contributed by atoms with E-state index >= 15 is 0 Å². The Morgan fingerprint density at radius 1 is 1.02 bits per heavy atom. The van der Waals surface area contributed by atoms with E-state index in [0.29, 0.717) is 22.8 Å². The molecule has 0 fully saturated rings. The van der Waals surface area contributed by atoms with Gasteiger partial charge >= 0.3 is 5.97 Å². The molecular formula is C33H26N2O6S. The van der Waals surface area contributed by atoms with Gasteiger partial charge in [-0.25, -0.2) is 9.78 Å². The summed E-state index contributed by atoms with van der Waals surface area (Å²) in [4.78, 5) is 45.7. The van der Waals surface area contributed by atoms with E-state index in [1.54, 1.807) is 49.4 Å². The van der Waals surface area contributed by atoms with Gasteiger partial charge in [-0.2, -0.15) is 0 Å². The number of allylic oxidation sites excluding steroid dienone is 1. The van der Waals surface area contributed by atoms with Gasteiger partial charge < -0.3 is 14.6 Å². The van der Waals surface area contributed by atoms with E-state index in [9.17, 15) is 19.5 Å². The number of esters is 1. The molecule has 4 aromatic rings. The van der Waals surface area contributed by atoms with Gasteiger partial charge in [0.05, 0.1) is 17.3 Å². The van der Waals surface area contributed by atoms with Crippen LogP contribution < -0.4 is 9.64 Å². The molecule has 210 valence electrons. The molecule has 1 aliphatic heterocycles. The molecular weight excluding hydrogens is 552 g/mol. The zero-order chi connectivity index (χ0) is 29.6. The molecule has 42 heavy (non-hydrogen) atoms. The van der Waals surface area contributed by atoms with Crippen molar-refractivity contribution in [2.24, 2.45) is 0 Å². The number of aliphatic hydroxyl groups excluding tert-OH is 1. The number of nitrogens with zero attached hydrogens (tertiary/aromatic N) is 2. The first-order chi connectivity index (χ1) is 20.4. The zero-order valence-electron chi connectivity index (χ0n) is 22.6. The molecule has 1 aliphatic rings. The summed E-state index contributed by atoms with van der Waals surface area (Å²) in [6.45, 7) is 5.18. The maximum atomic E-state index is 13.6. The van der Waals surface area contributed by atoms with Crippen LogP contribution in [-0.4, -0.2) is 34.4 Å². The molecule has 5 rings (SSSR count). The smallest absolute Gasteiger partial charge is 0.350 e. The standard InChI is InChI=1S/C33H26N2O6S/c1-3-19-40-32(39)30-21(2)34-33(42-30)35-28(23-13-10-16-25(20-23)41-24-14-8-5-9-15-24)27(29(37)31(35)38)26(36)18-17-22-11-6-4-7-12-22/h3-18,20,28,37H,1,19H2,2H3/b18-17+. The maximum absolute atomic E-state index is 13.6.